The fourth-order valence-electron chi connectivity index (χ4n) is 4.02. The molecule has 0 aromatic rings. The van der Waals surface area contributed by atoms with Crippen LogP contribution in [0.2, 0.25) is 0 Å². The van der Waals surface area contributed by atoms with Crippen molar-refractivity contribution in [2.45, 2.75) is 45.4 Å². The summed E-state index contributed by atoms with van der Waals surface area (Å²) in [7, 11) is 2.08. The lowest BCUT2D eigenvalue weighted by Crippen LogP contribution is -2.46. The fraction of sp³-hybridized carbons (Fsp3) is 0.938. The zero-order valence-electron chi connectivity index (χ0n) is 12.9. The third kappa shape index (κ3) is 3.95. The summed E-state index contributed by atoms with van der Waals surface area (Å²) in [5.41, 5.74) is -0.516. The highest BCUT2D eigenvalue weighted by Gasteiger charge is 2.42. The molecular weight excluding hydrogens is 254 g/mol. The lowest BCUT2D eigenvalue weighted by molar-refractivity contribution is -0.153. The van der Waals surface area contributed by atoms with Gasteiger partial charge in [-0.05, 0) is 44.6 Å². The summed E-state index contributed by atoms with van der Waals surface area (Å²) in [6.45, 7) is 5.62. The van der Waals surface area contributed by atoms with E-state index in [1.54, 1.807) is 0 Å². The van der Waals surface area contributed by atoms with Crippen LogP contribution in [0, 0.1) is 17.3 Å². The fourth-order valence-corrected chi connectivity index (χ4v) is 4.02. The quantitative estimate of drug-likeness (QED) is 0.842. The molecule has 2 rings (SSSR count). The van der Waals surface area contributed by atoms with Gasteiger partial charge < -0.3 is 14.7 Å². The van der Waals surface area contributed by atoms with Crippen LogP contribution in [0.15, 0.2) is 0 Å². The van der Waals surface area contributed by atoms with Crippen molar-refractivity contribution in [3.05, 3.63) is 0 Å². The minimum absolute atomic E-state index is 0.516. The predicted octanol–water partition coefficient (Wildman–Crippen LogP) is 2.63. The van der Waals surface area contributed by atoms with E-state index in [0.29, 0.717) is 18.4 Å². The maximum absolute atomic E-state index is 11.8. The Labute approximate surface area is 122 Å². The predicted molar refractivity (Wildman–Crippen MR) is 78.7 cm³/mol. The van der Waals surface area contributed by atoms with Crippen LogP contribution < -0.4 is 0 Å². The lowest BCUT2D eigenvalue weighted by Gasteiger charge is -2.40. The summed E-state index contributed by atoms with van der Waals surface area (Å²) in [4.78, 5) is 14.1. The Morgan fingerprint density at radius 3 is 2.65 bits per heavy atom. The van der Waals surface area contributed by atoms with Crippen LogP contribution in [0.1, 0.15) is 45.4 Å². The van der Waals surface area contributed by atoms with Crippen LogP contribution in [0.3, 0.4) is 0 Å². The first-order valence-corrected chi connectivity index (χ1v) is 8.01. The zero-order chi connectivity index (χ0) is 14.6. The largest absolute Gasteiger partial charge is 0.481 e. The van der Waals surface area contributed by atoms with Gasteiger partial charge in [-0.1, -0.05) is 19.8 Å². The first kappa shape index (κ1) is 15.8. The summed E-state index contributed by atoms with van der Waals surface area (Å²) in [5, 5.41) is 9.71. The molecule has 2 unspecified atom stereocenters. The zero-order valence-corrected chi connectivity index (χ0v) is 12.9. The molecule has 0 bridgehead atoms. The van der Waals surface area contributed by atoms with Gasteiger partial charge in [0.25, 0.3) is 0 Å². The standard InChI is InChI=1S/C16H29NO3/c1-13-4-3-7-16(10-13,15(18)19)12-17(2)11-14-5-8-20-9-6-14/h13-14H,3-12H2,1-2H3,(H,18,19). The number of ether oxygens (including phenoxy) is 1. The summed E-state index contributed by atoms with van der Waals surface area (Å²) in [5.74, 6) is 0.611. The molecule has 0 aromatic carbocycles. The number of hydrogen-bond acceptors (Lipinski definition) is 3. The first-order valence-electron chi connectivity index (χ1n) is 8.01. The summed E-state index contributed by atoms with van der Waals surface area (Å²) >= 11 is 0. The van der Waals surface area contributed by atoms with E-state index in [2.05, 4.69) is 18.9 Å². The molecule has 0 spiro atoms. The van der Waals surface area contributed by atoms with Gasteiger partial charge in [-0.2, -0.15) is 0 Å². The summed E-state index contributed by atoms with van der Waals surface area (Å²) in [6.07, 6.45) is 6.13. The molecule has 2 aliphatic rings. The molecule has 1 saturated carbocycles. The van der Waals surface area contributed by atoms with Gasteiger partial charge in [0.1, 0.15) is 0 Å². The van der Waals surface area contributed by atoms with Gasteiger partial charge in [0, 0.05) is 26.3 Å². The van der Waals surface area contributed by atoms with E-state index in [-0.39, 0.29) is 0 Å². The number of nitrogens with zero attached hydrogens (tertiary/aromatic N) is 1. The monoisotopic (exact) mass is 283 g/mol. The highest BCUT2D eigenvalue weighted by Crippen LogP contribution is 2.40. The molecule has 0 amide bonds. The molecule has 1 aliphatic carbocycles. The van der Waals surface area contributed by atoms with Crippen LogP contribution >= 0.6 is 0 Å². The molecule has 1 N–H and O–H groups in total. The highest BCUT2D eigenvalue weighted by atomic mass is 16.5. The van der Waals surface area contributed by atoms with Crippen molar-refractivity contribution >= 4 is 5.97 Å². The van der Waals surface area contributed by atoms with Gasteiger partial charge in [-0.3, -0.25) is 4.79 Å². The molecule has 2 fully saturated rings. The van der Waals surface area contributed by atoms with Crippen LogP contribution in [0.25, 0.3) is 0 Å². The maximum Gasteiger partial charge on any atom is 0.310 e. The van der Waals surface area contributed by atoms with E-state index in [0.717, 1.165) is 51.9 Å². The third-order valence-corrected chi connectivity index (χ3v) is 5.03. The number of rotatable bonds is 5. The van der Waals surface area contributed by atoms with Crippen molar-refractivity contribution in [3.63, 3.8) is 0 Å². The molecule has 1 saturated heterocycles. The van der Waals surface area contributed by atoms with Crippen LogP contribution in [-0.2, 0) is 9.53 Å². The van der Waals surface area contributed by atoms with E-state index in [1.165, 1.54) is 6.42 Å². The topological polar surface area (TPSA) is 49.8 Å². The molecule has 116 valence electrons. The Morgan fingerprint density at radius 2 is 2.05 bits per heavy atom. The second-order valence-electron chi connectivity index (χ2n) is 7.04. The van der Waals surface area contributed by atoms with E-state index in [4.69, 9.17) is 4.74 Å². The van der Waals surface area contributed by atoms with Crippen molar-refractivity contribution < 1.29 is 14.6 Å². The maximum atomic E-state index is 11.8. The highest BCUT2D eigenvalue weighted by molar-refractivity contribution is 5.75. The second kappa shape index (κ2) is 6.90. The van der Waals surface area contributed by atoms with Crippen molar-refractivity contribution in [3.8, 4) is 0 Å². The summed E-state index contributed by atoms with van der Waals surface area (Å²) < 4.78 is 5.39. The molecule has 4 heteroatoms. The number of carbonyl (C=O) groups is 1. The van der Waals surface area contributed by atoms with Crippen LogP contribution in [-0.4, -0.2) is 49.3 Å². The molecular formula is C16H29NO3. The Morgan fingerprint density at radius 1 is 1.35 bits per heavy atom. The van der Waals surface area contributed by atoms with E-state index in [1.807, 2.05) is 0 Å². The van der Waals surface area contributed by atoms with Crippen molar-refractivity contribution in [2.75, 3.05) is 33.4 Å². The molecule has 1 heterocycles. The average molecular weight is 283 g/mol. The van der Waals surface area contributed by atoms with E-state index in [9.17, 15) is 9.90 Å². The Hall–Kier alpha value is -0.610. The number of aliphatic carboxylic acids is 1. The Kier molecular flexibility index (Phi) is 5.44. The number of hydrogen-bond donors (Lipinski definition) is 1. The number of carboxylic acid groups (broad SMARTS) is 1. The van der Waals surface area contributed by atoms with E-state index >= 15 is 0 Å². The lowest BCUT2D eigenvalue weighted by atomic mass is 9.69. The molecule has 4 nitrogen and oxygen atoms in total. The Bertz CT molecular complexity index is 328. The molecule has 0 radical (unpaired) electrons. The van der Waals surface area contributed by atoms with Gasteiger partial charge in [-0.15, -0.1) is 0 Å². The molecule has 2 atom stereocenters. The number of carboxylic acids is 1. The van der Waals surface area contributed by atoms with Crippen molar-refractivity contribution in [2.24, 2.45) is 17.3 Å². The minimum Gasteiger partial charge on any atom is -0.481 e. The van der Waals surface area contributed by atoms with Crippen LogP contribution in [0.5, 0.6) is 0 Å². The van der Waals surface area contributed by atoms with Crippen LogP contribution in [0.4, 0.5) is 0 Å². The van der Waals surface area contributed by atoms with Gasteiger partial charge in [-0.25, -0.2) is 0 Å². The minimum atomic E-state index is -0.595. The molecule has 20 heavy (non-hydrogen) atoms. The second-order valence-corrected chi connectivity index (χ2v) is 7.04. The SMILES string of the molecule is CC1CCCC(CN(C)CC2CCOCC2)(C(=O)O)C1. The van der Waals surface area contributed by atoms with Crippen molar-refractivity contribution in [1.82, 2.24) is 4.90 Å². The van der Waals surface area contributed by atoms with Crippen molar-refractivity contribution in [1.29, 1.82) is 0 Å². The molecule has 1 aliphatic heterocycles. The van der Waals surface area contributed by atoms with Gasteiger partial charge in [0.2, 0.25) is 0 Å². The van der Waals surface area contributed by atoms with Gasteiger partial charge in [0.15, 0.2) is 0 Å². The van der Waals surface area contributed by atoms with E-state index < -0.39 is 11.4 Å². The summed E-state index contributed by atoms with van der Waals surface area (Å²) in [6, 6.07) is 0. The average Bonchev–Trinajstić information content (AvgIpc) is 2.39. The Balaban J connectivity index is 1.91. The smallest absolute Gasteiger partial charge is 0.310 e. The first-order chi connectivity index (χ1) is 9.52. The van der Waals surface area contributed by atoms with Gasteiger partial charge >= 0.3 is 5.97 Å². The normalized spacial score (nSPS) is 32.5. The molecule has 0 aromatic heterocycles. The van der Waals surface area contributed by atoms with Gasteiger partial charge in [0.05, 0.1) is 5.41 Å². The third-order valence-electron chi connectivity index (χ3n) is 5.03.